The van der Waals surface area contributed by atoms with Crippen molar-refractivity contribution in [3.63, 3.8) is 0 Å². The predicted molar refractivity (Wildman–Crippen MR) is 89.5 cm³/mol. The second-order valence-electron chi connectivity index (χ2n) is 6.33. The van der Waals surface area contributed by atoms with Gasteiger partial charge in [0.1, 0.15) is 6.33 Å². The van der Waals surface area contributed by atoms with Crippen molar-refractivity contribution in [3.8, 4) is 0 Å². The van der Waals surface area contributed by atoms with E-state index in [0.29, 0.717) is 12.0 Å². The minimum absolute atomic E-state index is 0.152. The summed E-state index contributed by atoms with van der Waals surface area (Å²) < 4.78 is 2.20. The number of amides is 1. The van der Waals surface area contributed by atoms with Crippen LogP contribution in [0.5, 0.6) is 0 Å². The molecule has 1 aromatic carbocycles. The summed E-state index contributed by atoms with van der Waals surface area (Å²) in [5, 5.41) is 9.30. The van der Waals surface area contributed by atoms with Crippen LogP contribution < -0.4 is 0 Å². The first-order chi connectivity index (χ1) is 11.3. The number of nitrogens with zero attached hydrogens (tertiary/aromatic N) is 4. The highest BCUT2D eigenvalue weighted by Crippen LogP contribution is 2.37. The van der Waals surface area contributed by atoms with Crippen LogP contribution in [0, 0.1) is 5.92 Å². The Balaban J connectivity index is 1.32. The lowest BCUT2D eigenvalue weighted by Crippen LogP contribution is -2.28. The van der Waals surface area contributed by atoms with Gasteiger partial charge in [-0.15, -0.1) is 10.2 Å². The summed E-state index contributed by atoms with van der Waals surface area (Å²) in [5.41, 5.74) is 0.786. The molecule has 120 valence electrons. The van der Waals surface area contributed by atoms with E-state index in [1.807, 2.05) is 41.6 Å². The minimum atomic E-state index is 0.152. The molecule has 0 unspecified atom stereocenters. The van der Waals surface area contributed by atoms with Gasteiger partial charge in [0.2, 0.25) is 0 Å². The molecule has 2 fully saturated rings. The van der Waals surface area contributed by atoms with Gasteiger partial charge in [0.15, 0.2) is 5.16 Å². The highest BCUT2D eigenvalue weighted by molar-refractivity contribution is 7.99. The SMILES string of the molecule is O=C(c1ccccc1)N1CC[C@@H](CSc2nncn2C2CC2)C1. The number of carbonyl (C=O) groups is 1. The van der Waals surface area contributed by atoms with Gasteiger partial charge in [-0.3, -0.25) is 4.79 Å². The number of hydrogen-bond donors (Lipinski definition) is 0. The van der Waals surface area contributed by atoms with E-state index < -0.39 is 0 Å². The Morgan fingerprint density at radius 1 is 1.22 bits per heavy atom. The summed E-state index contributed by atoms with van der Waals surface area (Å²) in [4.78, 5) is 14.4. The average Bonchev–Trinajstić information content (AvgIpc) is 3.14. The summed E-state index contributed by atoms with van der Waals surface area (Å²) >= 11 is 1.78. The monoisotopic (exact) mass is 328 g/mol. The maximum absolute atomic E-state index is 12.5. The second-order valence-corrected chi connectivity index (χ2v) is 7.32. The third-order valence-electron chi connectivity index (χ3n) is 4.52. The first-order valence-electron chi connectivity index (χ1n) is 8.18. The number of benzene rings is 1. The van der Waals surface area contributed by atoms with Crippen LogP contribution in [0.2, 0.25) is 0 Å². The Bertz CT molecular complexity index is 683. The fourth-order valence-electron chi connectivity index (χ4n) is 3.05. The summed E-state index contributed by atoms with van der Waals surface area (Å²) in [7, 11) is 0. The van der Waals surface area contributed by atoms with Gasteiger partial charge in [0.05, 0.1) is 0 Å². The lowest BCUT2D eigenvalue weighted by molar-refractivity contribution is 0.0788. The standard InChI is InChI=1S/C17H20N4OS/c22-16(14-4-2-1-3-5-14)20-9-8-13(10-20)11-23-17-19-18-12-21(17)15-6-7-15/h1-5,12-13,15H,6-11H2/t13-/m1/s1. The summed E-state index contributed by atoms with van der Waals surface area (Å²) in [6.45, 7) is 1.70. The van der Waals surface area contributed by atoms with Crippen molar-refractivity contribution in [1.82, 2.24) is 19.7 Å². The third-order valence-corrected chi connectivity index (χ3v) is 5.71. The largest absolute Gasteiger partial charge is 0.338 e. The van der Waals surface area contributed by atoms with Crippen molar-refractivity contribution in [2.45, 2.75) is 30.5 Å². The minimum Gasteiger partial charge on any atom is -0.338 e. The Morgan fingerprint density at radius 2 is 2.04 bits per heavy atom. The van der Waals surface area contributed by atoms with Crippen molar-refractivity contribution in [3.05, 3.63) is 42.2 Å². The zero-order valence-electron chi connectivity index (χ0n) is 13.0. The van der Waals surface area contributed by atoms with E-state index >= 15 is 0 Å². The van der Waals surface area contributed by atoms with Crippen LogP contribution in [-0.2, 0) is 0 Å². The lowest BCUT2D eigenvalue weighted by atomic mass is 10.1. The molecule has 2 aliphatic rings. The fraction of sp³-hybridized carbons (Fsp3) is 0.471. The molecule has 1 saturated heterocycles. The molecule has 1 aliphatic carbocycles. The number of thioether (sulfide) groups is 1. The molecule has 23 heavy (non-hydrogen) atoms. The Hall–Kier alpha value is -1.82. The molecule has 4 rings (SSSR count). The number of hydrogen-bond acceptors (Lipinski definition) is 4. The summed E-state index contributed by atoms with van der Waals surface area (Å²) in [6.07, 6.45) is 5.41. The molecule has 1 atom stereocenters. The number of aromatic nitrogens is 3. The van der Waals surface area contributed by atoms with Crippen LogP contribution in [0.25, 0.3) is 0 Å². The van der Waals surface area contributed by atoms with Gasteiger partial charge in [-0.2, -0.15) is 0 Å². The zero-order valence-corrected chi connectivity index (χ0v) is 13.8. The molecule has 2 heterocycles. The van der Waals surface area contributed by atoms with E-state index in [9.17, 15) is 4.79 Å². The Kier molecular flexibility index (Phi) is 4.08. The van der Waals surface area contributed by atoms with Crippen molar-refractivity contribution in [1.29, 1.82) is 0 Å². The van der Waals surface area contributed by atoms with Crippen LogP contribution in [0.3, 0.4) is 0 Å². The molecule has 2 aromatic rings. The maximum atomic E-state index is 12.5. The van der Waals surface area contributed by atoms with E-state index in [0.717, 1.165) is 36.0 Å². The molecular formula is C17H20N4OS. The van der Waals surface area contributed by atoms with E-state index in [1.165, 1.54) is 12.8 Å². The van der Waals surface area contributed by atoms with Gasteiger partial charge in [-0.25, -0.2) is 0 Å². The second kappa shape index (κ2) is 6.35. The fourth-order valence-corrected chi connectivity index (χ4v) is 4.15. The summed E-state index contributed by atoms with van der Waals surface area (Å²) in [6, 6.07) is 10.2. The molecule has 1 aliphatic heterocycles. The van der Waals surface area contributed by atoms with Crippen LogP contribution in [0.4, 0.5) is 0 Å². The summed E-state index contributed by atoms with van der Waals surface area (Å²) in [5.74, 6) is 1.69. The number of rotatable bonds is 5. The average molecular weight is 328 g/mol. The van der Waals surface area contributed by atoms with Gasteiger partial charge in [-0.05, 0) is 37.3 Å². The zero-order chi connectivity index (χ0) is 15.6. The third kappa shape index (κ3) is 3.27. The molecule has 0 spiro atoms. The quantitative estimate of drug-likeness (QED) is 0.792. The molecular weight excluding hydrogens is 308 g/mol. The van der Waals surface area contributed by atoms with E-state index in [4.69, 9.17) is 0 Å². The molecule has 5 nitrogen and oxygen atoms in total. The molecule has 1 saturated carbocycles. The van der Waals surface area contributed by atoms with Crippen molar-refractivity contribution in [2.75, 3.05) is 18.8 Å². The van der Waals surface area contributed by atoms with E-state index in [-0.39, 0.29) is 5.91 Å². The van der Waals surface area contributed by atoms with Gasteiger partial charge in [0, 0.05) is 30.4 Å². The van der Waals surface area contributed by atoms with Gasteiger partial charge >= 0.3 is 0 Å². The van der Waals surface area contributed by atoms with E-state index in [2.05, 4.69) is 14.8 Å². The normalized spacial score (nSPS) is 20.9. The molecule has 0 radical (unpaired) electrons. The van der Waals surface area contributed by atoms with Crippen molar-refractivity contribution >= 4 is 17.7 Å². The maximum Gasteiger partial charge on any atom is 0.253 e. The molecule has 0 bridgehead atoms. The number of likely N-dealkylation sites (tertiary alicyclic amines) is 1. The van der Waals surface area contributed by atoms with Crippen molar-refractivity contribution < 1.29 is 4.79 Å². The highest BCUT2D eigenvalue weighted by atomic mass is 32.2. The van der Waals surface area contributed by atoms with E-state index in [1.54, 1.807) is 11.8 Å². The van der Waals surface area contributed by atoms with Gasteiger partial charge in [-0.1, -0.05) is 30.0 Å². The van der Waals surface area contributed by atoms with Gasteiger partial charge < -0.3 is 9.47 Å². The Labute approximate surface area is 140 Å². The topological polar surface area (TPSA) is 51.0 Å². The molecule has 0 N–H and O–H groups in total. The Morgan fingerprint density at radius 3 is 2.83 bits per heavy atom. The van der Waals surface area contributed by atoms with Crippen molar-refractivity contribution in [2.24, 2.45) is 5.92 Å². The first-order valence-corrected chi connectivity index (χ1v) is 9.16. The van der Waals surface area contributed by atoms with Crippen LogP contribution in [0.1, 0.15) is 35.7 Å². The predicted octanol–water partition coefficient (Wildman–Crippen LogP) is 2.87. The smallest absolute Gasteiger partial charge is 0.253 e. The first kappa shape index (κ1) is 14.8. The van der Waals surface area contributed by atoms with Crippen LogP contribution >= 0.6 is 11.8 Å². The number of carbonyl (C=O) groups excluding carboxylic acids is 1. The highest BCUT2D eigenvalue weighted by Gasteiger charge is 2.29. The molecule has 1 aromatic heterocycles. The van der Waals surface area contributed by atoms with Crippen LogP contribution in [0.15, 0.2) is 41.8 Å². The molecule has 1 amide bonds. The van der Waals surface area contributed by atoms with Crippen LogP contribution in [-0.4, -0.2) is 44.4 Å². The lowest BCUT2D eigenvalue weighted by Gasteiger charge is -2.16. The van der Waals surface area contributed by atoms with Gasteiger partial charge in [0.25, 0.3) is 5.91 Å². The molecule has 6 heteroatoms.